The van der Waals surface area contributed by atoms with E-state index in [1.807, 2.05) is 0 Å². The van der Waals surface area contributed by atoms with E-state index in [4.69, 9.17) is 10.00 Å². The standard InChI is InChI=1S/C31H28F4N4O4/c1-29(2,3)43-26(40)24-13-11-22(37-21-9-7-20(32)8-10-21)14-19(24)17-38-28(42)39(27(41)30(38,4)5)23-12-6-18(16-36)25(15-23)31(33,34)35/h6-15,37H,17H2,1-5H3. The number of rotatable bonds is 6. The number of anilines is 3. The van der Waals surface area contributed by atoms with E-state index >= 15 is 0 Å². The highest BCUT2D eigenvalue weighted by atomic mass is 19.4. The maximum absolute atomic E-state index is 13.7. The highest BCUT2D eigenvalue weighted by Crippen LogP contribution is 2.39. The zero-order valence-electron chi connectivity index (χ0n) is 24.0. The van der Waals surface area contributed by atoms with Gasteiger partial charge in [0.25, 0.3) is 5.91 Å². The minimum Gasteiger partial charge on any atom is -0.456 e. The lowest BCUT2D eigenvalue weighted by Crippen LogP contribution is -2.44. The van der Waals surface area contributed by atoms with Gasteiger partial charge in [-0.05, 0) is 101 Å². The summed E-state index contributed by atoms with van der Waals surface area (Å²) in [4.78, 5) is 42.1. The number of alkyl halides is 3. The summed E-state index contributed by atoms with van der Waals surface area (Å²) < 4.78 is 59.9. The number of halogens is 4. The average molecular weight is 597 g/mol. The molecule has 4 rings (SSSR count). The van der Waals surface area contributed by atoms with Crippen LogP contribution in [0.15, 0.2) is 60.7 Å². The zero-order valence-corrected chi connectivity index (χ0v) is 24.0. The van der Waals surface area contributed by atoms with Crippen LogP contribution in [0.1, 0.15) is 61.7 Å². The topological polar surface area (TPSA) is 103 Å². The van der Waals surface area contributed by atoms with Crippen LogP contribution in [-0.2, 0) is 22.3 Å². The number of carbonyl (C=O) groups excluding carboxylic acids is 3. The largest absolute Gasteiger partial charge is 0.456 e. The lowest BCUT2D eigenvalue weighted by atomic mass is 10.00. The third-order valence-electron chi connectivity index (χ3n) is 6.70. The van der Waals surface area contributed by atoms with Crippen molar-refractivity contribution in [3.05, 3.63) is 88.7 Å². The molecule has 0 atom stereocenters. The van der Waals surface area contributed by atoms with Gasteiger partial charge in [-0.2, -0.15) is 18.4 Å². The van der Waals surface area contributed by atoms with Gasteiger partial charge in [-0.3, -0.25) is 4.79 Å². The fourth-order valence-electron chi connectivity index (χ4n) is 4.54. The van der Waals surface area contributed by atoms with Gasteiger partial charge in [-0.15, -0.1) is 0 Å². The van der Waals surface area contributed by atoms with E-state index in [0.29, 0.717) is 22.3 Å². The lowest BCUT2D eigenvalue weighted by Gasteiger charge is -2.29. The Morgan fingerprint density at radius 2 is 1.60 bits per heavy atom. The number of esters is 1. The van der Waals surface area contributed by atoms with Crippen molar-refractivity contribution in [2.24, 2.45) is 0 Å². The summed E-state index contributed by atoms with van der Waals surface area (Å²) in [5, 5.41) is 12.2. The number of hydrogen-bond acceptors (Lipinski definition) is 6. The molecule has 0 bridgehead atoms. The lowest BCUT2D eigenvalue weighted by molar-refractivity contribution is -0.137. The highest BCUT2D eigenvalue weighted by Gasteiger charge is 2.52. The number of carbonyl (C=O) groups is 3. The second-order valence-electron chi connectivity index (χ2n) is 11.4. The molecular formula is C31H28F4N4O4. The smallest absolute Gasteiger partial charge is 0.417 e. The van der Waals surface area contributed by atoms with Gasteiger partial charge < -0.3 is 15.0 Å². The molecule has 1 aliphatic heterocycles. The second kappa shape index (κ2) is 11.1. The Kier molecular flexibility index (Phi) is 7.98. The average Bonchev–Trinajstić information content (AvgIpc) is 3.07. The number of nitrogens with one attached hydrogen (secondary N) is 1. The molecule has 0 spiro atoms. The molecule has 3 aromatic rings. The van der Waals surface area contributed by atoms with Crippen molar-refractivity contribution in [3.63, 3.8) is 0 Å². The summed E-state index contributed by atoms with van der Waals surface area (Å²) in [7, 11) is 0. The molecule has 1 fully saturated rings. The quantitative estimate of drug-likeness (QED) is 0.184. The van der Waals surface area contributed by atoms with Gasteiger partial charge in [-0.25, -0.2) is 18.9 Å². The van der Waals surface area contributed by atoms with E-state index in [9.17, 15) is 31.9 Å². The molecule has 0 unspecified atom stereocenters. The SMILES string of the molecule is CC(C)(C)OC(=O)c1ccc(Nc2ccc(F)cc2)cc1CN1C(=O)N(c2ccc(C#N)c(C(F)(F)F)c2)C(=O)C1(C)C. The number of imide groups is 1. The van der Waals surface area contributed by atoms with E-state index in [1.165, 1.54) is 50.2 Å². The predicted octanol–water partition coefficient (Wildman–Crippen LogP) is 7.16. The molecule has 43 heavy (non-hydrogen) atoms. The number of ether oxygens (including phenoxy) is 1. The summed E-state index contributed by atoms with van der Waals surface area (Å²) in [6, 6.07) is 13.3. The first-order valence-electron chi connectivity index (χ1n) is 13.1. The second-order valence-corrected chi connectivity index (χ2v) is 11.4. The van der Waals surface area contributed by atoms with Gasteiger partial charge in [0.15, 0.2) is 0 Å². The molecule has 0 aliphatic carbocycles. The Bertz CT molecular complexity index is 1640. The number of nitrogens with zero attached hydrogens (tertiary/aromatic N) is 3. The van der Waals surface area contributed by atoms with Gasteiger partial charge in [-0.1, -0.05) is 0 Å². The summed E-state index contributed by atoms with van der Waals surface area (Å²) in [6.07, 6.45) is -4.90. The van der Waals surface area contributed by atoms with Crippen molar-refractivity contribution < 1.29 is 36.7 Å². The molecule has 3 amide bonds. The van der Waals surface area contributed by atoms with Crippen LogP contribution in [0.4, 0.5) is 39.4 Å². The number of hydrogen-bond donors (Lipinski definition) is 1. The Morgan fingerprint density at radius 3 is 2.19 bits per heavy atom. The first-order chi connectivity index (χ1) is 19.9. The van der Waals surface area contributed by atoms with Crippen LogP contribution in [0, 0.1) is 17.1 Å². The monoisotopic (exact) mass is 596 g/mol. The molecule has 0 aromatic heterocycles. The van der Waals surface area contributed by atoms with E-state index in [0.717, 1.165) is 17.0 Å². The Morgan fingerprint density at radius 1 is 0.977 bits per heavy atom. The van der Waals surface area contributed by atoms with Gasteiger partial charge in [0, 0.05) is 17.9 Å². The van der Waals surface area contributed by atoms with Crippen LogP contribution in [0.2, 0.25) is 0 Å². The Labute approximate surface area is 245 Å². The molecule has 0 saturated carbocycles. The van der Waals surface area contributed by atoms with E-state index in [1.54, 1.807) is 32.9 Å². The minimum atomic E-state index is -4.90. The molecule has 3 aromatic carbocycles. The summed E-state index contributed by atoms with van der Waals surface area (Å²) in [6.45, 7) is 7.65. The molecule has 12 heteroatoms. The minimum absolute atomic E-state index is 0.104. The van der Waals surface area contributed by atoms with Crippen LogP contribution < -0.4 is 10.2 Å². The highest BCUT2D eigenvalue weighted by molar-refractivity contribution is 6.23. The summed E-state index contributed by atoms with van der Waals surface area (Å²) in [5.41, 5.74) is -3.26. The Balaban J connectivity index is 1.75. The summed E-state index contributed by atoms with van der Waals surface area (Å²) in [5.74, 6) is -1.92. The maximum Gasteiger partial charge on any atom is 0.417 e. The third kappa shape index (κ3) is 6.45. The van der Waals surface area contributed by atoms with Gasteiger partial charge in [0.05, 0.1) is 28.4 Å². The first-order valence-corrected chi connectivity index (χ1v) is 13.1. The van der Waals surface area contributed by atoms with Crippen molar-refractivity contribution in [1.29, 1.82) is 5.26 Å². The maximum atomic E-state index is 13.7. The van der Waals surface area contributed by atoms with Gasteiger partial charge >= 0.3 is 18.2 Å². The van der Waals surface area contributed by atoms with Gasteiger partial charge in [0.1, 0.15) is 17.0 Å². The number of nitriles is 1. The predicted molar refractivity (Wildman–Crippen MR) is 150 cm³/mol. The van der Waals surface area contributed by atoms with E-state index in [2.05, 4.69) is 5.32 Å². The van der Waals surface area contributed by atoms with Crippen molar-refractivity contribution >= 4 is 35.0 Å². The Hall–Kier alpha value is -4.92. The van der Waals surface area contributed by atoms with Crippen LogP contribution in [0.5, 0.6) is 0 Å². The molecule has 1 saturated heterocycles. The van der Waals surface area contributed by atoms with E-state index in [-0.39, 0.29) is 23.4 Å². The fourth-order valence-corrected chi connectivity index (χ4v) is 4.54. The van der Waals surface area contributed by atoms with Crippen molar-refractivity contribution in [3.8, 4) is 6.07 Å². The fraction of sp³-hybridized carbons (Fsp3) is 0.290. The van der Waals surface area contributed by atoms with Crippen LogP contribution in [0.25, 0.3) is 0 Å². The van der Waals surface area contributed by atoms with Gasteiger partial charge in [0.2, 0.25) is 0 Å². The normalized spacial score (nSPS) is 15.0. The number of urea groups is 1. The summed E-state index contributed by atoms with van der Waals surface area (Å²) >= 11 is 0. The number of amides is 3. The first kappa shape index (κ1) is 31.0. The molecule has 0 radical (unpaired) electrons. The van der Waals surface area contributed by atoms with Crippen LogP contribution in [0.3, 0.4) is 0 Å². The van der Waals surface area contributed by atoms with Crippen LogP contribution in [-0.4, -0.2) is 33.9 Å². The molecule has 1 N–H and O–H groups in total. The molecule has 224 valence electrons. The third-order valence-corrected chi connectivity index (χ3v) is 6.70. The molecule has 8 nitrogen and oxygen atoms in total. The number of benzene rings is 3. The van der Waals surface area contributed by atoms with Crippen molar-refractivity contribution in [2.45, 2.75) is 58.5 Å². The molecule has 1 aliphatic rings. The zero-order chi connectivity index (χ0) is 31.9. The van der Waals surface area contributed by atoms with Crippen molar-refractivity contribution in [2.75, 3.05) is 10.2 Å². The molecular weight excluding hydrogens is 568 g/mol. The van der Waals surface area contributed by atoms with Crippen LogP contribution >= 0.6 is 0 Å². The van der Waals surface area contributed by atoms with Crippen molar-refractivity contribution in [1.82, 2.24) is 4.90 Å². The molecule has 1 heterocycles. The van der Waals surface area contributed by atoms with E-state index < -0.39 is 52.2 Å².